The van der Waals surface area contributed by atoms with Gasteiger partial charge in [0.2, 0.25) is 10.0 Å². The van der Waals surface area contributed by atoms with Gasteiger partial charge in [-0.1, -0.05) is 31.0 Å². The van der Waals surface area contributed by atoms with Crippen molar-refractivity contribution in [3.8, 4) is 5.75 Å². The number of fused-ring (bicyclic) bond motifs is 4. The smallest absolute Gasteiger partial charge is 0.264 e. The number of aliphatic hydroxyl groups is 1. The number of likely N-dealkylation sites (tertiary alicyclic amines) is 1. The maximum absolute atomic E-state index is 13.6. The van der Waals surface area contributed by atoms with Crippen LogP contribution in [0.5, 0.6) is 5.75 Å². The Morgan fingerprint density at radius 1 is 1.02 bits per heavy atom. The van der Waals surface area contributed by atoms with Crippen LogP contribution in [-0.2, 0) is 21.9 Å². The summed E-state index contributed by atoms with van der Waals surface area (Å²) in [6.45, 7) is 7.72. The molecule has 2 N–H and O–H groups in total. The van der Waals surface area contributed by atoms with E-state index in [2.05, 4.69) is 33.7 Å². The lowest BCUT2D eigenvalue weighted by molar-refractivity contribution is -0.106. The van der Waals surface area contributed by atoms with Crippen LogP contribution in [0.25, 0.3) is 0 Å². The number of nitrogens with one attached hydrogen (secondary N) is 1. The number of carbonyl (C=O) groups excluding carboxylic acids is 1. The van der Waals surface area contributed by atoms with Crippen molar-refractivity contribution in [3.05, 3.63) is 58.1 Å². The number of hydrogen-bond acceptors (Lipinski definition) is 7. The van der Waals surface area contributed by atoms with Crippen molar-refractivity contribution < 1.29 is 23.1 Å². The molecule has 10 heteroatoms. The number of anilines is 1. The highest BCUT2D eigenvalue weighted by molar-refractivity contribution is 7.90. The van der Waals surface area contributed by atoms with Crippen molar-refractivity contribution in [2.45, 2.75) is 101 Å². The van der Waals surface area contributed by atoms with Crippen molar-refractivity contribution in [1.82, 2.24) is 9.62 Å². The van der Waals surface area contributed by atoms with E-state index in [4.69, 9.17) is 16.3 Å². The number of sulfonamides is 1. The second-order valence-corrected chi connectivity index (χ2v) is 18.8. The molecule has 8 nitrogen and oxygen atoms in total. The first kappa shape index (κ1) is 35.1. The van der Waals surface area contributed by atoms with Crippen molar-refractivity contribution in [2.75, 3.05) is 44.7 Å². The van der Waals surface area contributed by atoms with Crippen LogP contribution in [0.4, 0.5) is 5.69 Å². The molecule has 2 aromatic carbocycles. The number of carbonyl (C=O) groups is 1. The third-order valence-electron chi connectivity index (χ3n) is 13.0. The first-order valence-corrected chi connectivity index (χ1v) is 20.6. The maximum Gasteiger partial charge on any atom is 0.264 e. The van der Waals surface area contributed by atoms with E-state index in [-0.39, 0.29) is 17.3 Å². The largest absolute Gasteiger partial charge is 0.490 e. The van der Waals surface area contributed by atoms with Crippen LogP contribution in [0.15, 0.2) is 36.4 Å². The topological polar surface area (TPSA) is 99.2 Å². The van der Waals surface area contributed by atoms with Crippen molar-refractivity contribution in [3.63, 3.8) is 0 Å². The Balaban J connectivity index is 1.29. The van der Waals surface area contributed by atoms with Crippen molar-refractivity contribution in [1.29, 1.82) is 0 Å². The Kier molecular flexibility index (Phi) is 9.78. The molecule has 49 heavy (non-hydrogen) atoms. The minimum atomic E-state index is -3.93. The van der Waals surface area contributed by atoms with Crippen LogP contribution >= 0.6 is 11.6 Å². The van der Waals surface area contributed by atoms with E-state index < -0.39 is 26.8 Å². The summed E-state index contributed by atoms with van der Waals surface area (Å²) >= 11 is 6.47. The van der Waals surface area contributed by atoms with E-state index in [1.54, 1.807) is 13.0 Å². The van der Waals surface area contributed by atoms with Gasteiger partial charge in [-0.15, -0.1) is 0 Å². The van der Waals surface area contributed by atoms with Gasteiger partial charge in [-0.3, -0.25) is 4.79 Å². The Bertz CT molecular complexity index is 1670. The minimum Gasteiger partial charge on any atom is -0.490 e. The molecule has 1 saturated heterocycles. The Morgan fingerprint density at radius 2 is 1.86 bits per heavy atom. The molecule has 5 aliphatic rings. The first-order chi connectivity index (χ1) is 23.4. The third kappa shape index (κ3) is 6.98. The van der Waals surface area contributed by atoms with Crippen LogP contribution in [0.2, 0.25) is 5.02 Å². The third-order valence-corrected chi connectivity index (χ3v) is 15.2. The van der Waals surface area contributed by atoms with E-state index in [9.17, 15) is 18.3 Å². The van der Waals surface area contributed by atoms with Gasteiger partial charge in [-0.2, -0.15) is 0 Å². The van der Waals surface area contributed by atoms with Crippen LogP contribution in [-0.4, -0.2) is 75.0 Å². The van der Waals surface area contributed by atoms with E-state index >= 15 is 0 Å². The molecule has 2 bridgehead atoms. The lowest BCUT2D eigenvalue weighted by Gasteiger charge is -2.51. The number of halogens is 1. The van der Waals surface area contributed by atoms with Crippen LogP contribution in [0.3, 0.4) is 0 Å². The van der Waals surface area contributed by atoms with Gasteiger partial charge < -0.3 is 19.6 Å². The fourth-order valence-corrected chi connectivity index (χ4v) is 11.5. The average Bonchev–Trinajstić information content (AvgIpc) is 3.18. The molecule has 7 rings (SSSR count). The van der Waals surface area contributed by atoms with Gasteiger partial charge in [0, 0.05) is 35.6 Å². The van der Waals surface area contributed by atoms with E-state index in [0.717, 1.165) is 88.1 Å². The molecule has 2 aliphatic carbocycles. The number of benzene rings is 2. The van der Waals surface area contributed by atoms with Crippen molar-refractivity contribution in [2.24, 2.45) is 23.7 Å². The highest BCUT2D eigenvalue weighted by Crippen LogP contribution is 2.50. The van der Waals surface area contributed by atoms with Crippen molar-refractivity contribution >= 4 is 33.2 Å². The zero-order chi connectivity index (χ0) is 34.6. The summed E-state index contributed by atoms with van der Waals surface area (Å²) in [7, 11) is -1.74. The molecule has 2 aromatic rings. The number of amides is 1. The second kappa shape index (κ2) is 13.7. The number of aryl methyl sites for hydroxylation is 1. The average molecular weight is 712 g/mol. The van der Waals surface area contributed by atoms with Crippen LogP contribution in [0, 0.1) is 23.7 Å². The SMILES string of the molecule is C[C@@H]1[C@@H](C)CCC[C@@](O)(CC2CCCN(C)C2)[C@@H]2CC[C@H]2CN2C[C@@]3(CCCc4cc(Cl)ccc43)COc3ccc(cc32)C(=O)NS1(=O)=O. The Morgan fingerprint density at radius 3 is 2.63 bits per heavy atom. The Hall–Kier alpha value is -2.33. The summed E-state index contributed by atoms with van der Waals surface area (Å²) in [6.07, 6.45) is 10.2. The molecule has 2 fully saturated rings. The lowest BCUT2D eigenvalue weighted by Crippen LogP contribution is -2.54. The quantitative estimate of drug-likeness (QED) is 0.364. The fraction of sp³-hybridized carbons (Fsp3) is 0.667. The van der Waals surface area contributed by atoms with Gasteiger partial charge in [-0.05, 0) is 150 Å². The van der Waals surface area contributed by atoms with Gasteiger partial charge in [0.1, 0.15) is 5.75 Å². The van der Waals surface area contributed by atoms with Crippen LogP contribution in [0.1, 0.15) is 99.5 Å². The summed E-state index contributed by atoms with van der Waals surface area (Å²) < 4.78 is 36.1. The Labute approximate surface area is 298 Å². The highest BCUT2D eigenvalue weighted by atomic mass is 35.5. The van der Waals surface area contributed by atoms with Gasteiger partial charge >= 0.3 is 0 Å². The molecular weight excluding hydrogens is 658 g/mol. The predicted molar refractivity (Wildman–Crippen MR) is 195 cm³/mol. The van der Waals surface area contributed by atoms with E-state index in [1.807, 2.05) is 25.1 Å². The molecule has 1 amide bonds. The van der Waals surface area contributed by atoms with E-state index in [0.29, 0.717) is 49.1 Å². The molecule has 1 saturated carbocycles. The van der Waals surface area contributed by atoms with Gasteiger partial charge in [-0.25, -0.2) is 13.1 Å². The molecule has 3 heterocycles. The highest BCUT2D eigenvalue weighted by Gasteiger charge is 2.49. The monoisotopic (exact) mass is 711 g/mol. The summed E-state index contributed by atoms with van der Waals surface area (Å²) in [4.78, 5) is 18.4. The maximum atomic E-state index is 13.6. The summed E-state index contributed by atoms with van der Waals surface area (Å²) in [5.74, 6) is 0.837. The number of nitrogens with zero attached hydrogens (tertiary/aromatic N) is 2. The molecule has 1 spiro atoms. The predicted octanol–water partition coefficient (Wildman–Crippen LogP) is 6.57. The minimum absolute atomic E-state index is 0.164. The standard InChI is InChI=1S/C39H54ClN3O5S/c1-26-7-4-17-39(45,21-28-8-6-18-42(3)22-28)34-13-10-31(34)23-43-24-38(16-5-9-29-19-32(40)12-14-33(29)38)25-48-36-15-11-30(20-35(36)43)37(44)41-49(46,47)27(26)2/h11-12,14-15,19-20,26-28,31,34,45H,4-10,13,16-18,21-25H2,1-3H3,(H,41,44)/t26-,27+,28?,31-,34+,38-,39+/m0/s1. The second-order valence-electron chi connectivity index (χ2n) is 16.4. The molecule has 268 valence electrons. The number of piperidine rings is 1. The lowest BCUT2D eigenvalue weighted by atomic mass is 9.60. The zero-order valence-corrected chi connectivity index (χ0v) is 31.0. The molecule has 1 unspecified atom stereocenters. The molecule has 0 radical (unpaired) electrons. The summed E-state index contributed by atoms with van der Waals surface area (Å²) in [5.41, 5.74) is 2.59. The van der Waals surface area contributed by atoms with Crippen LogP contribution < -0.4 is 14.4 Å². The fourth-order valence-electron chi connectivity index (χ4n) is 9.96. The van der Waals surface area contributed by atoms with Gasteiger partial charge in [0.15, 0.2) is 0 Å². The van der Waals surface area contributed by atoms with E-state index in [1.165, 1.54) is 11.1 Å². The normalized spacial score (nSPS) is 35.2. The molecular formula is C39H54ClN3O5S. The van der Waals surface area contributed by atoms with Gasteiger partial charge in [0.05, 0.1) is 23.1 Å². The molecule has 3 aliphatic heterocycles. The first-order valence-electron chi connectivity index (χ1n) is 18.6. The summed E-state index contributed by atoms with van der Waals surface area (Å²) in [6, 6.07) is 11.6. The zero-order valence-electron chi connectivity index (χ0n) is 29.4. The number of hydrogen-bond donors (Lipinski definition) is 2. The molecule has 7 atom stereocenters. The number of rotatable bonds is 2. The summed E-state index contributed by atoms with van der Waals surface area (Å²) in [5, 5.41) is 12.8. The molecule has 0 aromatic heterocycles. The number of ether oxygens (including phenoxy) is 1. The van der Waals surface area contributed by atoms with Gasteiger partial charge in [0.25, 0.3) is 5.91 Å².